The fourth-order valence-electron chi connectivity index (χ4n) is 1.93. The molecule has 0 aliphatic heterocycles. The topological polar surface area (TPSA) is 51.2 Å². The molecule has 2 heterocycles. The van der Waals surface area contributed by atoms with E-state index in [0.29, 0.717) is 6.04 Å². The first-order valence-corrected chi connectivity index (χ1v) is 5.99. The van der Waals surface area contributed by atoms with Crippen LogP contribution in [0.2, 0.25) is 0 Å². The minimum Gasteiger partial charge on any atom is -0.466 e. The third-order valence-electron chi connectivity index (χ3n) is 3.01. The Hall–Kier alpha value is -1.55. The first-order valence-electron chi connectivity index (χ1n) is 5.99. The lowest BCUT2D eigenvalue weighted by Gasteiger charge is -1.95. The molecule has 4 nitrogen and oxygen atoms in total. The van der Waals surface area contributed by atoms with Crippen LogP contribution in [-0.2, 0) is 6.54 Å². The second-order valence-electron chi connectivity index (χ2n) is 4.66. The smallest absolute Gasteiger partial charge is 0.170 e. The molecule has 2 aromatic heterocycles. The highest BCUT2D eigenvalue weighted by atomic mass is 16.5. The Morgan fingerprint density at radius 3 is 2.82 bits per heavy atom. The number of furan rings is 1. The highest BCUT2D eigenvalue weighted by molar-refractivity contribution is 5.60. The van der Waals surface area contributed by atoms with Crippen molar-refractivity contribution in [3.8, 4) is 11.3 Å². The van der Waals surface area contributed by atoms with Gasteiger partial charge in [0.15, 0.2) is 5.76 Å². The Kier molecular flexibility index (Phi) is 2.52. The molecule has 1 aliphatic rings. The van der Waals surface area contributed by atoms with Crippen LogP contribution in [0.5, 0.6) is 0 Å². The van der Waals surface area contributed by atoms with Gasteiger partial charge in [-0.25, -0.2) is 0 Å². The third kappa shape index (κ3) is 2.26. The highest BCUT2D eigenvalue weighted by Crippen LogP contribution is 2.27. The maximum Gasteiger partial charge on any atom is 0.170 e. The molecule has 0 bridgehead atoms. The fraction of sp³-hybridized carbons (Fsp3) is 0.462. The van der Waals surface area contributed by atoms with Crippen LogP contribution in [-0.4, -0.2) is 11.2 Å². The molecule has 2 aromatic rings. The summed E-state index contributed by atoms with van der Waals surface area (Å²) in [4.78, 5) is 0. The van der Waals surface area contributed by atoms with E-state index >= 15 is 0 Å². The van der Waals surface area contributed by atoms with Gasteiger partial charge in [-0.1, -0.05) is 5.16 Å². The number of aromatic nitrogens is 1. The number of nitrogens with one attached hydrogen (secondary N) is 1. The van der Waals surface area contributed by atoms with Crippen LogP contribution in [0.3, 0.4) is 0 Å². The Labute approximate surface area is 100.0 Å². The van der Waals surface area contributed by atoms with Crippen molar-refractivity contribution in [1.82, 2.24) is 10.5 Å². The van der Waals surface area contributed by atoms with E-state index in [-0.39, 0.29) is 0 Å². The average molecular weight is 232 g/mol. The summed E-state index contributed by atoms with van der Waals surface area (Å²) in [5, 5.41) is 7.48. The molecule has 0 spiro atoms. The van der Waals surface area contributed by atoms with E-state index in [2.05, 4.69) is 10.5 Å². The van der Waals surface area contributed by atoms with Gasteiger partial charge in [-0.2, -0.15) is 0 Å². The molecule has 1 N–H and O–H groups in total. The van der Waals surface area contributed by atoms with Gasteiger partial charge in [0.05, 0.1) is 11.3 Å². The molecule has 0 radical (unpaired) electrons. The van der Waals surface area contributed by atoms with Gasteiger partial charge in [0, 0.05) is 18.7 Å². The summed E-state index contributed by atoms with van der Waals surface area (Å²) < 4.78 is 10.8. The quantitative estimate of drug-likeness (QED) is 0.880. The van der Waals surface area contributed by atoms with Gasteiger partial charge in [0.25, 0.3) is 0 Å². The van der Waals surface area contributed by atoms with Crippen LogP contribution in [0.1, 0.15) is 30.1 Å². The lowest BCUT2D eigenvalue weighted by molar-refractivity contribution is 0.418. The second kappa shape index (κ2) is 4.04. The van der Waals surface area contributed by atoms with Crippen molar-refractivity contribution in [3.05, 3.63) is 29.3 Å². The van der Waals surface area contributed by atoms with E-state index in [1.165, 1.54) is 12.8 Å². The van der Waals surface area contributed by atoms with Gasteiger partial charge in [0.2, 0.25) is 0 Å². The summed E-state index contributed by atoms with van der Waals surface area (Å²) in [6.07, 6.45) is 2.56. The largest absolute Gasteiger partial charge is 0.466 e. The Morgan fingerprint density at radius 2 is 2.18 bits per heavy atom. The molecule has 1 aliphatic carbocycles. The van der Waals surface area contributed by atoms with Crippen molar-refractivity contribution in [2.24, 2.45) is 0 Å². The van der Waals surface area contributed by atoms with Crippen molar-refractivity contribution in [1.29, 1.82) is 0 Å². The molecule has 17 heavy (non-hydrogen) atoms. The maximum absolute atomic E-state index is 5.48. The van der Waals surface area contributed by atoms with Crippen LogP contribution in [0.15, 0.2) is 21.1 Å². The van der Waals surface area contributed by atoms with Gasteiger partial charge >= 0.3 is 0 Å². The van der Waals surface area contributed by atoms with E-state index < -0.39 is 0 Å². The third-order valence-corrected chi connectivity index (χ3v) is 3.01. The summed E-state index contributed by atoms with van der Waals surface area (Å²) in [5.41, 5.74) is 1.94. The minimum absolute atomic E-state index is 0.688. The zero-order valence-corrected chi connectivity index (χ0v) is 10.1. The molecular formula is C13H16N2O2. The lowest BCUT2D eigenvalue weighted by atomic mass is 10.2. The Bertz CT molecular complexity index is 523. The summed E-state index contributed by atoms with van der Waals surface area (Å²) in [5.74, 6) is 2.55. The predicted octanol–water partition coefficient (Wildman–Crippen LogP) is 2.80. The zero-order valence-electron chi connectivity index (χ0n) is 10.1. The van der Waals surface area contributed by atoms with Gasteiger partial charge in [-0.3, -0.25) is 0 Å². The number of hydrogen-bond acceptors (Lipinski definition) is 4. The summed E-state index contributed by atoms with van der Waals surface area (Å²) in [6, 6.07) is 4.65. The van der Waals surface area contributed by atoms with Gasteiger partial charge in [-0.15, -0.1) is 0 Å². The zero-order chi connectivity index (χ0) is 11.8. The minimum atomic E-state index is 0.688. The van der Waals surface area contributed by atoms with Crippen molar-refractivity contribution in [3.63, 3.8) is 0 Å². The van der Waals surface area contributed by atoms with E-state index in [4.69, 9.17) is 8.94 Å². The molecule has 0 aromatic carbocycles. The second-order valence-corrected chi connectivity index (χ2v) is 4.66. The summed E-state index contributed by atoms with van der Waals surface area (Å²) in [7, 11) is 0. The monoisotopic (exact) mass is 232 g/mol. The van der Waals surface area contributed by atoms with Crippen LogP contribution in [0.4, 0.5) is 0 Å². The van der Waals surface area contributed by atoms with Gasteiger partial charge in [-0.05, 0) is 32.8 Å². The van der Waals surface area contributed by atoms with Crippen molar-refractivity contribution < 1.29 is 8.94 Å². The van der Waals surface area contributed by atoms with Crippen molar-refractivity contribution in [2.45, 2.75) is 39.3 Å². The number of aryl methyl sites for hydroxylation is 2. The average Bonchev–Trinajstić information content (AvgIpc) is 2.90. The number of hydrogen-bond donors (Lipinski definition) is 1. The van der Waals surface area contributed by atoms with Gasteiger partial charge < -0.3 is 14.3 Å². The van der Waals surface area contributed by atoms with Crippen LogP contribution < -0.4 is 5.32 Å². The van der Waals surface area contributed by atoms with E-state index in [0.717, 1.165) is 35.1 Å². The maximum atomic E-state index is 5.48. The Balaban J connectivity index is 1.76. The van der Waals surface area contributed by atoms with Crippen LogP contribution >= 0.6 is 0 Å². The molecule has 1 fully saturated rings. The first kappa shape index (κ1) is 10.6. The SMILES string of the molecule is Cc1cc(-c2cc(CNC3CC3)no2)c(C)o1. The molecule has 4 heteroatoms. The fourth-order valence-corrected chi connectivity index (χ4v) is 1.93. The summed E-state index contributed by atoms with van der Waals surface area (Å²) in [6.45, 7) is 4.65. The predicted molar refractivity (Wildman–Crippen MR) is 63.5 cm³/mol. The van der Waals surface area contributed by atoms with Crippen LogP contribution in [0.25, 0.3) is 11.3 Å². The normalized spacial score (nSPS) is 15.4. The van der Waals surface area contributed by atoms with Crippen molar-refractivity contribution in [2.75, 3.05) is 0 Å². The first-order chi connectivity index (χ1) is 8.22. The van der Waals surface area contributed by atoms with Crippen LogP contribution in [0, 0.1) is 13.8 Å². The van der Waals surface area contributed by atoms with Gasteiger partial charge in [0.1, 0.15) is 11.5 Å². The molecule has 0 unspecified atom stereocenters. The Morgan fingerprint density at radius 1 is 1.35 bits per heavy atom. The summed E-state index contributed by atoms with van der Waals surface area (Å²) >= 11 is 0. The van der Waals surface area contributed by atoms with E-state index in [1.807, 2.05) is 26.0 Å². The molecule has 1 saturated carbocycles. The molecule has 0 amide bonds. The lowest BCUT2D eigenvalue weighted by Crippen LogP contribution is -2.15. The standard InChI is InChI=1S/C13H16N2O2/c1-8-5-12(9(2)16-8)13-6-11(15-17-13)7-14-10-3-4-10/h5-6,10,14H,3-4,7H2,1-2H3. The molecule has 90 valence electrons. The number of rotatable bonds is 4. The molecule has 0 atom stereocenters. The molecular weight excluding hydrogens is 216 g/mol. The molecule has 0 saturated heterocycles. The van der Waals surface area contributed by atoms with E-state index in [9.17, 15) is 0 Å². The number of nitrogens with zero attached hydrogens (tertiary/aromatic N) is 1. The highest BCUT2D eigenvalue weighted by Gasteiger charge is 2.21. The van der Waals surface area contributed by atoms with Crippen molar-refractivity contribution >= 4 is 0 Å². The van der Waals surface area contributed by atoms with E-state index in [1.54, 1.807) is 0 Å². The molecule has 3 rings (SSSR count).